The predicted molar refractivity (Wildman–Crippen MR) is 164 cm³/mol. The second-order valence-corrected chi connectivity index (χ2v) is 12.1. The molecule has 0 saturated carbocycles. The summed E-state index contributed by atoms with van der Waals surface area (Å²) in [6, 6.07) is 7.76. The minimum Gasteiger partial charge on any atom is -0.490 e. The minimum atomic E-state index is -0.623. The van der Waals surface area contributed by atoms with Crippen molar-refractivity contribution in [3.63, 3.8) is 0 Å². The van der Waals surface area contributed by atoms with Crippen LogP contribution in [0.25, 0.3) is 0 Å². The monoisotopic (exact) mass is 596 g/mol. The third-order valence-electron chi connectivity index (χ3n) is 7.82. The average molecular weight is 597 g/mol. The van der Waals surface area contributed by atoms with Crippen molar-refractivity contribution in [3.8, 4) is 11.5 Å². The smallest absolute Gasteiger partial charge is 0.320 e. The summed E-state index contributed by atoms with van der Waals surface area (Å²) in [5, 5.41) is 8.72. The molecule has 1 N–H and O–H groups in total. The molecule has 0 amide bonds. The minimum absolute atomic E-state index is 0.00488. The van der Waals surface area contributed by atoms with Gasteiger partial charge in [0, 0.05) is 44.8 Å². The number of nitrogens with zero attached hydrogens (tertiary/aromatic N) is 3. The van der Waals surface area contributed by atoms with Gasteiger partial charge in [0.1, 0.15) is 5.84 Å². The fourth-order valence-corrected chi connectivity index (χ4v) is 5.55. The van der Waals surface area contributed by atoms with Crippen molar-refractivity contribution in [2.75, 3.05) is 59.1 Å². The SMILES string of the molecule is CCOC(=O)CN1CCN(Cc2cc(C(=O)CN3Cc4cc(OCC)c(OCC)c(F)c4C3=N)cc(C(C)(C)C)c2)CC1. The molecule has 0 radical (unpaired) electrons. The lowest BCUT2D eigenvalue weighted by atomic mass is 9.84. The first-order valence-corrected chi connectivity index (χ1v) is 15.2. The van der Waals surface area contributed by atoms with Crippen LogP contribution in [0.2, 0.25) is 0 Å². The van der Waals surface area contributed by atoms with Crippen LogP contribution in [0.5, 0.6) is 11.5 Å². The van der Waals surface area contributed by atoms with Gasteiger partial charge in [-0.3, -0.25) is 24.8 Å². The molecular formula is C33H45FN4O5. The van der Waals surface area contributed by atoms with Gasteiger partial charge < -0.3 is 19.1 Å². The number of halogens is 1. The number of fused-ring (bicyclic) bond motifs is 1. The quantitative estimate of drug-likeness (QED) is 0.280. The van der Waals surface area contributed by atoms with E-state index >= 15 is 4.39 Å². The number of ether oxygens (including phenoxy) is 3. The Bertz CT molecular complexity index is 1350. The Kier molecular flexibility index (Phi) is 10.4. The van der Waals surface area contributed by atoms with Crippen LogP contribution >= 0.6 is 0 Å². The highest BCUT2D eigenvalue weighted by Gasteiger charge is 2.33. The van der Waals surface area contributed by atoms with Crippen LogP contribution in [-0.4, -0.2) is 91.4 Å². The first kappa shape index (κ1) is 32.4. The Morgan fingerprint density at radius 1 is 0.907 bits per heavy atom. The lowest BCUT2D eigenvalue weighted by molar-refractivity contribution is -0.144. The molecule has 0 atom stereocenters. The molecule has 0 unspecified atom stereocenters. The van der Waals surface area contributed by atoms with Crippen LogP contribution in [0.4, 0.5) is 4.39 Å². The summed E-state index contributed by atoms with van der Waals surface area (Å²) >= 11 is 0. The van der Waals surface area contributed by atoms with Crippen molar-refractivity contribution < 1.29 is 28.2 Å². The van der Waals surface area contributed by atoms with E-state index in [-0.39, 0.29) is 54.0 Å². The van der Waals surface area contributed by atoms with Crippen LogP contribution in [0.3, 0.4) is 0 Å². The molecule has 2 aromatic rings. The van der Waals surface area contributed by atoms with Gasteiger partial charge >= 0.3 is 5.97 Å². The lowest BCUT2D eigenvalue weighted by Gasteiger charge is -2.34. The zero-order valence-corrected chi connectivity index (χ0v) is 26.3. The van der Waals surface area contributed by atoms with Crippen LogP contribution in [-0.2, 0) is 28.0 Å². The lowest BCUT2D eigenvalue weighted by Crippen LogP contribution is -2.47. The number of carbonyl (C=O) groups is 2. The second kappa shape index (κ2) is 13.9. The first-order chi connectivity index (χ1) is 20.4. The molecule has 1 fully saturated rings. The molecule has 2 aliphatic rings. The van der Waals surface area contributed by atoms with Gasteiger partial charge in [0.15, 0.2) is 23.1 Å². The van der Waals surface area contributed by atoms with E-state index in [1.807, 2.05) is 26.0 Å². The Labute approximate surface area is 254 Å². The van der Waals surface area contributed by atoms with Gasteiger partial charge in [-0.2, -0.15) is 0 Å². The van der Waals surface area contributed by atoms with Crippen molar-refractivity contribution in [1.82, 2.24) is 14.7 Å². The molecule has 2 heterocycles. The number of rotatable bonds is 12. The first-order valence-electron chi connectivity index (χ1n) is 15.2. The molecule has 10 heteroatoms. The van der Waals surface area contributed by atoms with E-state index in [1.54, 1.807) is 17.9 Å². The molecule has 0 spiro atoms. The van der Waals surface area contributed by atoms with E-state index in [0.29, 0.717) is 43.2 Å². The molecule has 0 bridgehead atoms. The summed E-state index contributed by atoms with van der Waals surface area (Å²) in [7, 11) is 0. The molecule has 1 saturated heterocycles. The summed E-state index contributed by atoms with van der Waals surface area (Å²) in [5.41, 5.74) is 3.28. The number of hydrogen-bond acceptors (Lipinski definition) is 8. The second-order valence-electron chi connectivity index (χ2n) is 12.1. The maximum absolute atomic E-state index is 15.5. The number of benzene rings is 2. The van der Waals surface area contributed by atoms with Crippen molar-refractivity contribution in [2.45, 2.75) is 60.0 Å². The average Bonchev–Trinajstić information content (AvgIpc) is 3.26. The molecular weight excluding hydrogens is 551 g/mol. The topological polar surface area (TPSA) is 95.4 Å². The third kappa shape index (κ3) is 7.72. The van der Waals surface area contributed by atoms with Crippen molar-refractivity contribution >= 4 is 17.6 Å². The summed E-state index contributed by atoms with van der Waals surface area (Å²) in [6.45, 7) is 17.1. The fraction of sp³-hybridized carbons (Fsp3) is 0.545. The number of hydrogen-bond donors (Lipinski definition) is 1. The highest BCUT2D eigenvalue weighted by Crippen LogP contribution is 2.39. The molecule has 0 aliphatic carbocycles. The summed E-state index contributed by atoms with van der Waals surface area (Å²) in [4.78, 5) is 31.6. The molecule has 0 aromatic heterocycles. The molecule has 2 aromatic carbocycles. The van der Waals surface area contributed by atoms with E-state index in [1.165, 1.54) is 0 Å². The zero-order chi connectivity index (χ0) is 31.3. The van der Waals surface area contributed by atoms with Crippen LogP contribution in [0, 0.1) is 11.2 Å². The Morgan fingerprint density at radius 2 is 1.58 bits per heavy atom. The van der Waals surface area contributed by atoms with Gasteiger partial charge in [-0.15, -0.1) is 0 Å². The van der Waals surface area contributed by atoms with Gasteiger partial charge in [-0.1, -0.05) is 26.8 Å². The summed E-state index contributed by atoms with van der Waals surface area (Å²) in [6.07, 6.45) is 0. The fourth-order valence-electron chi connectivity index (χ4n) is 5.55. The zero-order valence-electron chi connectivity index (χ0n) is 26.3. The van der Waals surface area contributed by atoms with Gasteiger partial charge in [0.05, 0.1) is 38.5 Å². The number of amidine groups is 1. The summed E-state index contributed by atoms with van der Waals surface area (Å²) < 4.78 is 31.7. The van der Waals surface area contributed by atoms with E-state index in [4.69, 9.17) is 19.6 Å². The highest BCUT2D eigenvalue weighted by molar-refractivity contribution is 6.06. The maximum Gasteiger partial charge on any atom is 0.320 e. The standard InChI is InChI=1S/C33H45FN4O5/c1-7-41-27-17-24-19-38(32(35)29(24)30(34)31(27)43-9-3)20-26(39)23-14-22(15-25(16-23)33(4,5)6)18-36-10-12-37(13-11-36)21-28(40)42-8-2/h14-17,35H,7-13,18-21H2,1-6H3. The Morgan fingerprint density at radius 3 is 2.21 bits per heavy atom. The molecule has 234 valence electrons. The van der Waals surface area contributed by atoms with Crippen molar-refractivity contribution in [1.29, 1.82) is 5.41 Å². The van der Waals surface area contributed by atoms with Gasteiger partial charge in [-0.05, 0) is 61.1 Å². The normalized spacial score (nSPS) is 15.9. The third-order valence-corrected chi connectivity index (χ3v) is 7.82. The number of Topliss-reactive ketones (excluding diaryl/α,β-unsaturated/α-hetero) is 1. The van der Waals surface area contributed by atoms with Crippen LogP contribution in [0.1, 0.15) is 74.2 Å². The van der Waals surface area contributed by atoms with Gasteiger partial charge in [0.25, 0.3) is 0 Å². The number of carbonyl (C=O) groups excluding carboxylic acids is 2. The van der Waals surface area contributed by atoms with E-state index in [0.717, 1.165) is 37.3 Å². The number of esters is 1. The number of nitrogens with one attached hydrogen (secondary N) is 1. The van der Waals surface area contributed by atoms with Crippen molar-refractivity contribution in [2.24, 2.45) is 0 Å². The van der Waals surface area contributed by atoms with Crippen LogP contribution < -0.4 is 9.47 Å². The van der Waals surface area contributed by atoms with Crippen LogP contribution in [0.15, 0.2) is 24.3 Å². The van der Waals surface area contributed by atoms with E-state index in [2.05, 4.69) is 36.6 Å². The molecule has 43 heavy (non-hydrogen) atoms. The maximum atomic E-state index is 15.5. The largest absolute Gasteiger partial charge is 0.490 e. The predicted octanol–water partition coefficient (Wildman–Crippen LogP) is 4.63. The van der Waals surface area contributed by atoms with E-state index in [9.17, 15) is 9.59 Å². The number of ketones is 1. The Balaban J connectivity index is 1.49. The van der Waals surface area contributed by atoms with Gasteiger partial charge in [-0.25, -0.2) is 4.39 Å². The number of piperazine rings is 1. The van der Waals surface area contributed by atoms with E-state index < -0.39 is 5.82 Å². The van der Waals surface area contributed by atoms with Crippen molar-refractivity contribution in [3.05, 3.63) is 57.9 Å². The summed E-state index contributed by atoms with van der Waals surface area (Å²) in [5.74, 6) is -0.658. The molecule has 9 nitrogen and oxygen atoms in total. The Hall–Kier alpha value is -3.50. The molecule has 2 aliphatic heterocycles. The highest BCUT2D eigenvalue weighted by atomic mass is 19.1. The molecule has 4 rings (SSSR count). The van der Waals surface area contributed by atoms with Gasteiger partial charge in [0.2, 0.25) is 0 Å².